The molecule has 3 heteroatoms. The summed E-state index contributed by atoms with van der Waals surface area (Å²) in [5, 5.41) is 9.84. The highest BCUT2D eigenvalue weighted by molar-refractivity contribution is 5.24. The minimum Gasteiger partial charge on any atom is -0.475 e. The highest BCUT2D eigenvalue weighted by Crippen LogP contribution is 2.19. The van der Waals surface area contributed by atoms with Crippen LogP contribution in [0, 0.1) is 11.8 Å². The van der Waals surface area contributed by atoms with Crippen LogP contribution in [0.1, 0.15) is 97.8 Å². The first-order valence-electron chi connectivity index (χ1n) is 11.5. The predicted molar refractivity (Wildman–Crippen MR) is 121 cm³/mol. The van der Waals surface area contributed by atoms with Gasteiger partial charge in [0.25, 0.3) is 0 Å². The van der Waals surface area contributed by atoms with E-state index < -0.39 is 17.9 Å². The largest absolute Gasteiger partial charge is 0.475 e. The van der Waals surface area contributed by atoms with Gasteiger partial charge in [0.15, 0.2) is 6.10 Å². The zero-order chi connectivity index (χ0) is 21.4. The van der Waals surface area contributed by atoms with Crippen molar-refractivity contribution in [1.82, 2.24) is 0 Å². The van der Waals surface area contributed by atoms with Crippen molar-refractivity contribution in [1.29, 1.82) is 0 Å². The van der Waals surface area contributed by atoms with Crippen LogP contribution in [0.25, 0.3) is 0 Å². The fourth-order valence-corrected chi connectivity index (χ4v) is 3.24. The van der Waals surface area contributed by atoms with Gasteiger partial charge in [0.2, 0.25) is 0 Å². The molecule has 0 bridgehead atoms. The van der Waals surface area contributed by atoms with Gasteiger partial charge in [-0.05, 0) is 32.4 Å². The van der Waals surface area contributed by atoms with Crippen molar-refractivity contribution in [2.45, 2.75) is 116 Å². The van der Waals surface area contributed by atoms with Gasteiger partial charge < -0.3 is 9.84 Å². The van der Waals surface area contributed by atoms with Gasteiger partial charge in [-0.2, -0.15) is 0 Å². The van der Waals surface area contributed by atoms with Crippen molar-refractivity contribution < 1.29 is 14.2 Å². The van der Waals surface area contributed by atoms with Crippen molar-refractivity contribution in [3.8, 4) is 17.6 Å². The molecule has 0 spiro atoms. The Balaban J connectivity index is 2.29. The highest BCUT2D eigenvalue weighted by Gasteiger charge is 2.21. The van der Waals surface area contributed by atoms with E-state index in [1.165, 1.54) is 57.8 Å². The summed E-state index contributed by atoms with van der Waals surface area (Å²) in [6.45, 7) is 5.44. The van der Waals surface area contributed by atoms with Gasteiger partial charge >= 0.3 is 0 Å². The van der Waals surface area contributed by atoms with Crippen LogP contribution in [0.5, 0.6) is 5.75 Å². The van der Waals surface area contributed by atoms with Crippen molar-refractivity contribution in [3.63, 3.8) is 0 Å². The van der Waals surface area contributed by atoms with E-state index in [-0.39, 0.29) is 0 Å². The third kappa shape index (κ3) is 14.1. The van der Waals surface area contributed by atoms with Crippen LogP contribution >= 0.6 is 0 Å². The van der Waals surface area contributed by atoms with Crippen molar-refractivity contribution in [3.05, 3.63) is 30.3 Å². The van der Waals surface area contributed by atoms with Crippen LogP contribution in [-0.4, -0.2) is 23.0 Å². The van der Waals surface area contributed by atoms with Crippen LogP contribution in [-0.2, 0) is 0 Å². The molecule has 0 saturated carbocycles. The van der Waals surface area contributed by atoms with E-state index >= 15 is 0 Å². The zero-order valence-electron chi connectivity index (χ0n) is 18.8. The van der Waals surface area contributed by atoms with Gasteiger partial charge in [-0.1, -0.05) is 108 Å². The summed E-state index contributed by atoms with van der Waals surface area (Å²) >= 11 is 0. The smallest absolute Gasteiger partial charge is 0.190 e. The summed E-state index contributed by atoms with van der Waals surface area (Å²) in [5.41, 5.74) is -1.16. The number of para-hydroxylation sites is 1. The van der Waals surface area contributed by atoms with E-state index in [0.29, 0.717) is 12.2 Å². The number of aliphatic hydroxyl groups is 1. The predicted octanol–water partition coefficient (Wildman–Crippen LogP) is 7.25. The molecule has 29 heavy (non-hydrogen) atoms. The Bertz CT molecular complexity index is 568. The van der Waals surface area contributed by atoms with Crippen molar-refractivity contribution in [2.75, 3.05) is 0 Å². The fraction of sp³-hybridized carbons (Fsp3) is 0.692. The lowest BCUT2D eigenvalue weighted by molar-refractivity contribution is 0.128. The van der Waals surface area contributed by atoms with E-state index in [2.05, 4.69) is 18.8 Å². The molecule has 0 aromatic heterocycles. The van der Waals surface area contributed by atoms with Crippen LogP contribution in [0.2, 0.25) is 0 Å². The van der Waals surface area contributed by atoms with Crippen molar-refractivity contribution in [2.24, 2.45) is 0 Å². The van der Waals surface area contributed by atoms with Gasteiger partial charge in [-0.15, -0.1) is 0 Å². The van der Waals surface area contributed by atoms with Gasteiger partial charge in [-0.25, -0.2) is 4.39 Å². The molecule has 2 unspecified atom stereocenters. The quantitative estimate of drug-likeness (QED) is 0.246. The van der Waals surface area contributed by atoms with Gasteiger partial charge in [0.05, 0.1) is 0 Å². The molecule has 0 radical (unpaired) electrons. The first-order valence-corrected chi connectivity index (χ1v) is 11.5. The van der Waals surface area contributed by atoms with E-state index in [1.54, 1.807) is 26.0 Å². The fourth-order valence-electron chi connectivity index (χ4n) is 3.24. The monoisotopic (exact) mass is 404 g/mol. The third-order valence-electron chi connectivity index (χ3n) is 4.94. The maximum Gasteiger partial charge on any atom is 0.190 e. The summed E-state index contributed by atoms with van der Waals surface area (Å²) in [6.07, 6.45) is 12.1. The number of halogens is 1. The molecule has 0 saturated heterocycles. The van der Waals surface area contributed by atoms with E-state index in [0.717, 1.165) is 12.8 Å². The van der Waals surface area contributed by atoms with E-state index in [1.807, 2.05) is 18.2 Å². The molecule has 0 aliphatic heterocycles. The van der Waals surface area contributed by atoms with Crippen LogP contribution in [0.3, 0.4) is 0 Å². The van der Waals surface area contributed by atoms with Crippen molar-refractivity contribution >= 4 is 0 Å². The zero-order valence-corrected chi connectivity index (χ0v) is 18.8. The molecule has 0 heterocycles. The maximum atomic E-state index is 14.8. The Kier molecular flexibility index (Phi) is 13.5. The lowest BCUT2D eigenvalue weighted by Gasteiger charge is -2.19. The summed E-state index contributed by atoms with van der Waals surface area (Å²) in [6, 6.07) is 9.20. The summed E-state index contributed by atoms with van der Waals surface area (Å²) in [4.78, 5) is 0. The number of hydrogen-bond donors (Lipinski definition) is 1. The molecule has 0 amide bonds. The Morgan fingerprint density at radius 3 is 1.93 bits per heavy atom. The molecule has 1 N–H and O–H groups in total. The number of ether oxygens (including phenoxy) is 1. The summed E-state index contributed by atoms with van der Waals surface area (Å²) < 4.78 is 20.6. The average molecular weight is 405 g/mol. The van der Waals surface area contributed by atoms with E-state index in [9.17, 15) is 9.50 Å². The first kappa shape index (κ1) is 25.5. The normalized spacial score (nSPS) is 13.4. The minimum atomic E-state index is -1.16. The Hall–Kier alpha value is -1.53. The van der Waals surface area contributed by atoms with Gasteiger partial charge in [-0.3, -0.25) is 0 Å². The van der Waals surface area contributed by atoms with E-state index in [4.69, 9.17) is 4.74 Å². The molecule has 2 atom stereocenters. The number of hydrogen-bond acceptors (Lipinski definition) is 2. The molecule has 1 rings (SSSR count). The second-order valence-electron chi connectivity index (χ2n) is 8.52. The molecular weight excluding hydrogens is 363 g/mol. The molecule has 1 aromatic rings. The second-order valence-corrected chi connectivity index (χ2v) is 8.52. The Morgan fingerprint density at radius 2 is 1.41 bits per heavy atom. The summed E-state index contributed by atoms with van der Waals surface area (Å²) in [5.74, 6) is 6.11. The first-order chi connectivity index (χ1) is 13.9. The van der Waals surface area contributed by atoms with Gasteiger partial charge in [0.1, 0.15) is 17.5 Å². The second kappa shape index (κ2) is 15.3. The summed E-state index contributed by atoms with van der Waals surface area (Å²) in [7, 11) is 0. The number of unbranched alkanes of at least 4 members (excludes halogenated alkanes) is 10. The number of benzene rings is 1. The molecule has 0 aliphatic rings. The Labute approximate surface area is 178 Å². The van der Waals surface area contributed by atoms with Gasteiger partial charge in [0, 0.05) is 0 Å². The molecule has 0 fully saturated rings. The molecule has 0 aliphatic carbocycles. The molecule has 2 nitrogen and oxygen atoms in total. The van der Waals surface area contributed by atoms with Crippen LogP contribution in [0.15, 0.2) is 30.3 Å². The average Bonchev–Trinajstić information content (AvgIpc) is 2.69. The molecular formula is C26H41FO2. The van der Waals surface area contributed by atoms with Crippen LogP contribution < -0.4 is 4.74 Å². The van der Waals surface area contributed by atoms with Crippen LogP contribution in [0.4, 0.5) is 4.39 Å². The lowest BCUT2D eigenvalue weighted by atomic mass is 10.0. The standard InChI is InChI=1S/C26H41FO2/c1-4-5-6-7-8-9-10-11-12-13-17-20-24(27)25(21-22-26(2,3)28)29-23-18-15-14-16-19-23/h14-16,18-19,24-25,28H,4-13,17,20H2,1-3H3. The Morgan fingerprint density at radius 1 is 0.897 bits per heavy atom. The molecule has 1 aromatic carbocycles. The topological polar surface area (TPSA) is 29.5 Å². The SMILES string of the molecule is CCCCCCCCCCCCCC(F)C(C#CC(C)(C)O)Oc1ccccc1. The lowest BCUT2D eigenvalue weighted by Crippen LogP contribution is -2.28. The molecule has 164 valence electrons. The maximum absolute atomic E-state index is 14.8. The minimum absolute atomic E-state index is 0.440. The third-order valence-corrected chi connectivity index (χ3v) is 4.94. The number of rotatable bonds is 15. The number of alkyl halides is 1. The highest BCUT2D eigenvalue weighted by atomic mass is 19.1.